The van der Waals surface area contributed by atoms with Crippen LogP contribution >= 0.6 is 0 Å². The van der Waals surface area contributed by atoms with E-state index in [1.165, 1.54) is 0 Å². The van der Waals surface area contributed by atoms with Crippen LogP contribution in [0.3, 0.4) is 0 Å². The Labute approximate surface area is 143 Å². The molecule has 1 aromatic carbocycles. The fourth-order valence-corrected chi connectivity index (χ4v) is 2.61. The molecular formula is C18H25N5O. The number of carbonyl (C=O) groups is 1. The Morgan fingerprint density at radius 1 is 1.25 bits per heavy atom. The highest BCUT2D eigenvalue weighted by Crippen LogP contribution is 2.15. The van der Waals surface area contributed by atoms with Crippen LogP contribution in [0, 0.1) is 13.8 Å². The summed E-state index contributed by atoms with van der Waals surface area (Å²) in [5.41, 5.74) is 7.09. The van der Waals surface area contributed by atoms with Crippen LogP contribution in [0.15, 0.2) is 29.4 Å². The molecule has 0 saturated heterocycles. The number of rotatable bonds is 6. The molecule has 128 valence electrons. The molecule has 6 nitrogen and oxygen atoms in total. The van der Waals surface area contributed by atoms with Gasteiger partial charge in [-0.05, 0) is 52.0 Å². The molecule has 24 heavy (non-hydrogen) atoms. The minimum atomic E-state index is -0.225. The molecule has 2 rings (SSSR count). The molecule has 6 heteroatoms. The lowest BCUT2D eigenvalue weighted by molar-refractivity contribution is 0.0955. The van der Waals surface area contributed by atoms with Gasteiger partial charge in [-0.1, -0.05) is 0 Å². The van der Waals surface area contributed by atoms with E-state index in [1.807, 2.05) is 45.2 Å². The van der Waals surface area contributed by atoms with Gasteiger partial charge in [-0.2, -0.15) is 10.2 Å². The van der Waals surface area contributed by atoms with Crippen LogP contribution < -0.4 is 10.3 Å². The molecule has 1 aromatic heterocycles. The van der Waals surface area contributed by atoms with E-state index < -0.39 is 0 Å². The first-order valence-electron chi connectivity index (χ1n) is 8.16. The summed E-state index contributed by atoms with van der Waals surface area (Å²) in [5.74, 6) is -0.225. The molecule has 0 bridgehead atoms. The summed E-state index contributed by atoms with van der Waals surface area (Å²) < 4.78 is 1.80. The summed E-state index contributed by atoms with van der Waals surface area (Å²) in [6.07, 6.45) is 1.64. The SMILES string of the molecule is CCN(CC)c1ccc(C(=O)N/N=C\c2c(C)nn(C)c2C)cc1. The number of nitrogens with zero attached hydrogens (tertiary/aromatic N) is 4. The molecule has 0 saturated carbocycles. The van der Waals surface area contributed by atoms with Crippen LogP contribution in [-0.4, -0.2) is 35.0 Å². The minimum absolute atomic E-state index is 0.225. The third kappa shape index (κ3) is 3.82. The first-order chi connectivity index (χ1) is 11.5. The number of nitrogens with one attached hydrogen (secondary N) is 1. The Bertz CT molecular complexity index is 727. The molecule has 0 fully saturated rings. The van der Waals surface area contributed by atoms with Gasteiger partial charge in [0.15, 0.2) is 0 Å². The standard InChI is InChI=1S/C18H25N5O/c1-6-23(7-2)16-10-8-15(9-11-16)18(24)20-19-12-17-13(3)21-22(5)14(17)4/h8-12H,6-7H2,1-5H3,(H,20,24)/b19-12-. The van der Waals surface area contributed by atoms with Crippen molar-refractivity contribution in [1.29, 1.82) is 0 Å². The maximum absolute atomic E-state index is 12.2. The second-order valence-electron chi connectivity index (χ2n) is 5.63. The molecule has 0 aliphatic carbocycles. The molecule has 1 heterocycles. The number of anilines is 1. The molecule has 1 N–H and O–H groups in total. The van der Waals surface area contributed by atoms with Crippen molar-refractivity contribution in [2.24, 2.45) is 12.1 Å². The Morgan fingerprint density at radius 2 is 1.88 bits per heavy atom. The van der Waals surface area contributed by atoms with Gasteiger partial charge in [0, 0.05) is 42.6 Å². The summed E-state index contributed by atoms with van der Waals surface area (Å²) in [5, 5.41) is 8.37. The molecule has 1 amide bonds. The smallest absolute Gasteiger partial charge is 0.271 e. The second kappa shape index (κ2) is 7.77. The van der Waals surface area contributed by atoms with Gasteiger partial charge in [0.2, 0.25) is 0 Å². The number of aromatic nitrogens is 2. The Morgan fingerprint density at radius 3 is 2.38 bits per heavy atom. The zero-order valence-corrected chi connectivity index (χ0v) is 15.0. The first-order valence-corrected chi connectivity index (χ1v) is 8.16. The highest BCUT2D eigenvalue weighted by molar-refractivity contribution is 5.95. The van der Waals surface area contributed by atoms with Gasteiger partial charge in [-0.3, -0.25) is 9.48 Å². The molecule has 2 aromatic rings. The quantitative estimate of drug-likeness (QED) is 0.655. The lowest BCUT2D eigenvalue weighted by Crippen LogP contribution is -2.22. The van der Waals surface area contributed by atoms with E-state index in [9.17, 15) is 4.79 Å². The van der Waals surface area contributed by atoms with Crippen LogP contribution in [-0.2, 0) is 7.05 Å². The number of amides is 1. The van der Waals surface area contributed by atoms with Gasteiger partial charge < -0.3 is 4.90 Å². The van der Waals surface area contributed by atoms with E-state index in [0.29, 0.717) is 5.56 Å². The predicted octanol–water partition coefficient (Wildman–Crippen LogP) is 2.65. The lowest BCUT2D eigenvalue weighted by Gasteiger charge is -2.20. The number of hydrogen-bond acceptors (Lipinski definition) is 4. The predicted molar refractivity (Wildman–Crippen MR) is 97.7 cm³/mol. The van der Waals surface area contributed by atoms with Gasteiger partial charge in [-0.15, -0.1) is 0 Å². The average Bonchev–Trinajstić information content (AvgIpc) is 2.82. The highest BCUT2D eigenvalue weighted by atomic mass is 16.2. The van der Waals surface area contributed by atoms with Crippen molar-refractivity contribution in [3.05, 3.63) is 46.8 Å². The molecule has 0 aliphatic rings. The van der Waals surface area contributed by atoms with Crippen molar-refractivity contribution in [3.63, 3.8) is 0 Å². The van der Waals surface area contributed by atoms with Crippen LogP contribution in [0.2, 0.25) is 0 Å². The van der Waals surface area contributed by atoms with Crippen LogP contribution in [0.5, 0.6) is 0 Å². The fraction of sp³-hybridized carbons (Fsp3) is 0.389. The van der Waals surface area contributed by atoms with Gasteiger partial charge in [0.05, 0.1) is 11.9 Å². The Hall–Kier alpha value is -2.63. The topological polar surface area (TPSA) is 62.5 Å². The molecule has 0 atom stereocenters. The summed E-state index contributed by atoms with van der Waals surface area (Å²) in [6, 6.07) is 7.56. The van der Waals surface area contributed by atoms with E-state index in [-0.39, 0.29) is 5.91 Å². The summed E-state index contributed by atoms with van der Waals surface area (Å²) in [7, 11) is 1.88. The fourth-order valence-electron chi connectivity index (χ4n) is 2.61. The number of aryl methyl sites for hydroxylation is 2. The zero-order valence-electron chi connectivity index (χ0n) is 15.0. The molecular weight excluding hydrogens is 302 g/mol. The molecule has 0 aliphatic heterocycles. The van der Waals surface area contributed by atoms with Crippen LogP contribution in [0.1, 0.15) is 41.2 Å². The number of carbonyl (C=O) groups excluding carboxylic acids is 1. The Balaban J connectivity index is 2.03. The van der Waals surface area contributed by atoms with Crippen LogP contribution in [0.25, 0.3) is 0 Å². The van der Waals surface area contributed by atoms with Crippen molar-refractivity contribution in [2.45, 2.75) is 27.7 Å². The van der Waals surface area contributed by atoms with Crippen molar-refractivity contribution >= 4 is 17.8 Å². The van der Waals surface area contributed by atoms with Gasteiger partial charge in [-0.25, -0.2) is 5.43 Å². The monoisotopic (exact) mass is 327 g/mol. The largest absolute Gasteiger partial charge is 0.372 e. The number of hydrazone groups is 1. The first kappa shape index (κ1) is 17.7. The average molecular weight is 327 g/mol. The molecule has 0 radical (unpaired) electrons. The lowest BCUT2D eigenvalue weighted by atomic mass is 10.2. The molecule has 0 unspecified atom stereocenters. The normalized spacial score (nSPS) is 11.0. The third-order valence-electron chi connectivity index (χ3n) is 4.18. The Kier molecular flexibility index (Phi) is 5.73. The van der Waals surface area contributed by atoms with Gasteiger partial charge in [0.1, 0.15) is 0 Å². The van der Waals surface area contributed by atoms with E-state index >= 15 is 0 Å². The minimum Gasteiger partial charge on any atom is -0.372 e. The highest BCUT2D eigenvalue weighted by Gasteiger charge is 2.08. The number of benzene rings is 1. The maximum atomic E-state index is 12.2. The van der Waals surface area contributed by atoms with Gasteiger partial charge >= 0.3 is 0 Å². The number of hydrogen-bond donors (Lipinski definition) is 1. The molecule has 0 spiro atoms. The van der Waals surface area contributed by atoms with E-state index in [0.717, 1.165) is 35.7 Å². The van der Waals surface area contributed by atoms with E-state index in [1.54, 1.807) is 10.9 Å². The summed E-state index contributed by atoms with van der Waals surface area (Å²) in [4.78, 5) is 14.4. The van der Waals surface area contributed by atoms with E-state index in [4.69, 9.17) is 0 Å². The summed E-state index contributed by atoms with van der Waals surface area (Å²) in [6.45, 7) is 9.99. The zero-order chi connectivity index (χ0) is 17.7. The van der Waals surface area contributed by atoms with E-state index in [2.05, 4.69) is 34.4 Å². The second-order valence-corrected chi connectivity index (χ2v) is 5.63. The van der Waals surface area contributed by atoms with Crippen molar-refractivity contribution in [2.75, 3.05) is 18.0 Å². The van der Waals surface area contributed by atoms with Crippen molar-refractivity contribution in [3.8, 4) is 0 Å². The van der Waals surface area contributed by atoms with Gasteiger partial charge in [0.25, 0.3) is 5.91 Å². The van der Waals surface area contributed by atoms with Crippen molar-refractivity contribution in [1.82, 2.24) is 15.2 Å². The van der Waals surface area contributed by atoms with Crippen LogP contribution in [0.4, 0.5) is 5.69 Å². The van der Waals surface area contributed by atoms with Crippen molar-refractivity contribution < 1.29 is 4.79 Å². The summed E-state index contributed by atoms with van der Waals surface area (Å²) >= 11 is 0. The third-order valence-corrected chi connectivity index (χ3v) is 4.18. The maximum Gasteiger partial charge on any atom is 0.271 e.